The number of nitrogens with zero attached hydrogens (tertiary/aromatic N) is 5. The second-order valence-electron chi connectivity index (χ2n) is 12.4. The van der Waals surface area contributed by atoms with Gasteiger partial charge in [0, 0.05) is 30.4 Å². The SMILES string of the molecule is CC(C)C[C@@H]1CN(C(=O)c2cn3cc(Cl)ccc3n2)CC(=O)N[C@H](Cc2ccccc2)c2nc(cs2)C(=O)N[C@H](C)c2nc(co2)C(=O)N1. The van der Waals surface area contributed by atoms with E-state index in [1.165, 1.54) is 22.5 Å². The van der Waals surface area contributed by atoms with Crippen molar-refractivity contribution < 1.29 is 23.6 Å². The van der Waals surface area contributed by atoms with Crippen molar-refractivity contribution in [1.82, 2.24) is 40.2 Å². The molecule has 13 nitrogen and oxygen atoms in total. The number of amides is 4. The Hall–Kier alpha value is -5.08. The minimum Gasteiger partial charge on any atom is -0.446 e. The number of carbonyl (C=O) groups is 4. The number of benzene rings is 1. The summed E-state index contributed by atoms with van der Waals surface area (Å²) in [4.78, 5) is 69.4. The number of aromatic nitrogens is 4. The van der Waals surface area contributed by atoms with Gasteiger partial charge in [0.25, 0.3) is 17.7 Å². The minimum atomic E-state index is -0.669. The molecular formula is C34H35ClN8O5S. The van der Waals surface area contributed by atoms with E-state index in [0.29, 0.717) is 28.5 Å². The molecule has 5 heterocycles. The van der Waals surface area contributed by atoms with Gasteiger partial charge in [-0.25, -0.2) is 15.0 Å². The van der Waals surface area contributed by atoms with E-state index in [-0.39, 0.29) is 42.0 Å². The summed E-state index contributed by atoms with van der Waals surface area (Å²) in [6, 6.07) is 11.1. The lowest BCUT2D eigenvalue weighted by Crippen LogP contribution is -2.50. The van der Waals surface area contributed by atoms with Crippen molar-refractivity contribution in [3.05, 3.63) is 105 Å². The fourth-order valence-corrected chi connectivity index (χ4v) is 6.68. The molecule has 49 heavy (non-hydrogen) atoms. The highest BCUT2D eigenvalue weighted by molar-refractivity contribution is 7.09. The smallest absolute Gasteiger partial charge is 0.274 e. The summed E-state index contributed by atoms with van der Waals surface area (Å²) in [6.07, 6.45) is 5.30. The first-order valence-corrected chi connectivity index (χ1v) is 17.1. The number of rotatable bonds is 5. The van der Waals surface area contributed by atoms with E-state index in [4.69, 9.17) is 16.0 Å². The van der Waals surface area contributed by atoms with E-state index >= 15 is 0 Å². The number of hydrogen-bond acceptors (Lipinski definition) is 9. The van der Waals surface area contributed by atoms with Gasteiger partial charge in [0.15, 0.2) is 5.69 Å². The van der Waals surface area contributed by atoms with E-state index in [1.54, 1.807) is 41.2 Å². The molecule has 4 aromatic heterocycles. The maximum Gasteiger partial charge on any atom is 0.274 e. The van der Waals surface area contributed by atoms with E-state index in [9.17, 15) is 19.2 Å². The third-order valence-corrected chi connectivity index (χ3v) is 9.11. The summed E-state index contributed by atoms with van der Waals surface area (Å²) < 4.78 is 7.21. The molecule has 6 rings (SSSR count). The summed E-state index contributed by atoms with van der Waals surface area (Å²) >= 11 is 7.41. The molecule has 0 fully saturated rings. The molecule has 15 heteroatoms. The fraction of sp³-hybridized carbons (Fsp3) is 0.324. The summed E-state index contributed by atoms with van der Waals surface area (Å²) in [5.41, 5.74) is 1.73. The van der Waals surface area contributed by atoms with Gasteiger partial charge in [0.1, 0.15) is 34.3 Å². The third-order valence-electron chi connectivity index (χ3n) is 7.93. The lowest BCUT2D eigenvalue weighted by atomic mass is 10.0. The van der Waals surface area contributed by atoms with Gasteiger partial charge >= 0.3 is 0 Å². The molecule has 254 valence electrons. The van der Waals surface area contributed by atoms with Crippen molar-refractivity contribution in [1.29, 1.82) is 0 Å². The average molecular weight is 703 g/mol. The third kappa shape index (κ3) is 8.15. The van der Waals surface area contributed by atoms with Gasteiger partial charge in [-0.2, -0.15) is 0 Å². The van der Waals surface area contributed by atoms with Crippen LogP contribution >= 0.6 is 22.9 Å². The van der Waals surface area contributed by atoms with Crippen LogP contribution in [0.15, 0.2) is 70.9 Å². The van der Waals surface area contributed by atoms with Gasteiger partial charge in [-0.05, 0) is 43.4 Å². The molecule has 1 aliphatic heterocycles. The van der Waals surface area contributed by atoms with Crippen LogP contribution in [-0.4, -0.2) is 67.0 Å². The van der Waals surface area contributed by atoms with Crippen LogP contribution in [-0.2, 0) is 11.2 Å². The highest BCUT2D eigenvalue weighted by Crippen LogP contribution is 2.24. The van der Waals surface area contributed by atoms with E-state index in [2.05, 4.69) is 30.9 Å². The second kappa shape index (κ2) is 14.6. The number of pyridine rings is 1. The van der Waals surface area contributed by atoms with Crippen LogP contribution in [0.5, 0.6) is 0 Å². The predicted octanol–water partition coefficient (Wildman–Crippen LogP) is 4.62. The molecule has 3 N–H and O–H groups in total. The van der Waals surface area contributed by atoms with E-state index < -0.39 is 41.8 Å². The molecule has 4 amide bonds. The Bertz CT molecular complexity index is 1990. The Morgan fingerprint density at radius 2 is 1.78 bits per heavy atom. The molecule has 0 radical (unpaired) electrons. The first-order valence-electron chi connectivity index (χ1n) is 15.8. The Morgan fingerprint density at radius 3 is 2.55 bits per heavy atom. The monoisotopic (exact) mass is 702 g/mol. The average Bonchev–Trinajstić information content (AvgIpc) is 3.83. The number of nitrogens with one attached hydrogen (secondary N) is 3. The Kier molecular flexibility index (Phi) is 10.1. The molecule has 1 aliphatic rings. The second-order valence-corrected chi connectivity index (χ2v) is 13.7. The zero-order chi connectivity index (χ0) is 34.7. The normalized spacial score (nSPS) is 19.2. The zero-order valence-corrected chi connectivity index (χ0v) is 28.6. The molecule has 0 unspecified atom stereocenters. The minimum absolute atomic E-state index is 0.00667. The summed E-state index contributed by atoms with van der Waals surface area (Å²) in [6.45, 7) is 5.35. The molecule has 0 spiro atoms. The molecule has 0 saturated heterocycles. The van der Waals surface area contributed by atoms with Gasteiger partial charge in [0.2, 0.25) is 11.8 Å². The van der Waals surface area contributed by atoms with Crippen LogP contribution in [0.4, 0.5) is 0 Å². The van der Waals surface area contributed by atoms with Gasteiger partial charge in [0.05, 0.1) is 17.6 Å². The number of thiazole rings is 1. The van der Waals surface area contributed by atoms with Crippen LogP contribution in [0.1, 0.15) is 87.2 Å². The number of carbonyl (C=O) groups excluding carboxylic acids is 4. The first-order chi connectivity index (χ1) is 23.5. The van der Waals surface area contributed by atoms with Crippen LogP contribution in [0.25, 0.3) is 5.65 Å². The van der Waals surface area contributed by atoms with Gasteiger partial charge in [-0.1, -0.05) is 55.8 Å². The maximum atomic E-state index is 14.1. The molecule has 5 aromatic rings. The number of imidazole rings is 1. The lowest BCUT2D eigenvalue weighted by molar-refractivity contribution is -0.122. The number of hydrogen-bond donors (Lipinski definition) is 3. The molecule has 4 bridgehead atoms. The predicted molar refractivity (Wildman–Crippen MR) is 182 cm³/mol. The zero-order valence-electron chi connectivity index (χ0n) is 27.1. The molecule has 0 aliphatic carbocycles. The lowest BCUT2D eigenvalue weighted by Gasteiger charge is -2.29. The Morgan fingerprint density at radius 1 is 1.00 bits per heavy atom. The Balaban J connectivity index is 1.38. The molecule has 1 aromatic carbocycles. The van der Waals surface area contributed by atoms with E-state index in [0.717, 1.165) is 5.56 Å². The Labute approximate surface area is 291 Å². The van der Waals surface area contributed by atoms with Crippen molar-refractivity contribution in [2.75, 3.05) is 13.1 Å². The standard InChI is InChI=1S/C34H35ClN8O5S/c1-19(2)11-23-14-43(34(47)25-15-42-13-22(35)9-10-28(42)38-25)16-29(44)39-24(12-21-7-5-4-6-8-21)33-41-27(18-49-33)31(46)36-20(3)32-40-26(17-48-32)30(45)37-23/h4-10,13,15,17-20,23-24H,11-12,14,16H2,1-3H3,(H,36,46)(H,37,45)(H,39,44)/t20-,23-,24-/m1/s1. The topological polar surface area (TPSA) is 164 Å². The first kappa shape index (κ1) is 33.8. The molecule has 0 saturated carbocycles. The quantitative estimate of drug-likeness (QED) is 0.239. The van der Waals surface area contributed by atoms with Crippen molar-refractivity contribution in [2.24, 2.45) is 5.92 Å². The highest BCUT2D eigenvalue weighted by atomic mass is 35.5. The fourth-order valence-electron chi connectivity index (χ4n) is 5.66. The summed E-state index contributed by atoms with van der Waals surface area (Å²) in [5.74, 6) is -1.66. The highest BCUT2D eigenvalue weighted by Gasteiger charge is 2.30. The van der Waals surface area contributed by atoms with Crippen molar-refractivity contribution >= 4 is 52.2 Å². The summed E-state index contributed by atoms with van der Waals surface area (Å²) in [7, 11) is 0. The van der Waals surface area contributed by atoms with Crippen molar-refractivity contribution in [3.8, 4) is 0 Å². The van der Waals surface area contributed by atoms with Crippen LogP contribution in [0.2, 0.25) is 5.02 Å². The van der Waals surface area contributed by atoms with Gasteiger partial charge < -0.3 is 29.7 Å². The van der Waals surface area contributed by atoms with Gasteiger partial charge in [-0.3, -0.25) is 19.2 Å². The van der Waals surface area contributed by atoms with Crippen LogP contribution in [0, 0.1) is 5.92 Å². The van der Waals surface area contributed by atoms with Gasteiger partial charge in [-0.15, -0.1) is 11.3 Å². The van der Waals surface area contributed by atoms with E-state index in [1.807, 2.05) is 44.2 Å². The van der Waals surface area contributed by atoms with Crippen LogP contribution < -0.4 is 16.0 Å². The molecule has 3 atom stereocenters. The van der Waals surface area contributed by atoms with Crippen molar-refractivity contribution in [3.63, 3.8) is 0 Å². The number of halogens is 1. The summed E-state index contributed by atoms with van der Waals surface area (Å²) in [5, 5.41) is 11.4. The molecular weight excluding hydrogens is 668 g/mol. The number of oxazole rings is 1. The number of fused-ring (bicyclic) bond motifs is 5. The van der Waals surface area contributed by atoms with Crippen molar-refractivity contribution in [2.45, 2.75) is 51.7 Å². The van der Waals surface area contributed by atoms with Crippen LogP contribution in [0.3, 0.4) is 0 Å². The largest absolute Gasteiger partial charge is 0.446 e. The maximum absolute atomic E-state index is 14.1.